The van der Waals surface area contributed by atoms with Crippen molar-refractivity contribution in [3.05, 3.63) is 65.5 Å². The van der Waals surface area contributed by atoms with Crippen LogP contribution in [0.2, 0.25) is 0 Å². The molecule has 0 aliphatic heterocycles. The molecule has 0 unspecified atom stereocenters. The lowest BCUT2D eigenvalue weighted by atomic mass is 10.1. The van der Waals surface area contributed by atoms with Gasteiger partial charge in [0.15, 0.2) is 21.4 Å². The molecular formula is C18H20FNO4S. The second-order valence-electron chi connectivity index (χ2n) is 5.77. The third-order valence-corrected chi connectivity index (χ3v) is 4.36. The molecule has 0 aromatic heterocycles. The molecule has 1 amide bonds. The average Bonchev–Trinajstić information content (AvgIpc) is 2.55. The van der Waals surface area contributed by atoms with Crippen LogP contribution in [0.4, 0.5) is 4.39 Å². The zero-order chi connectivity index (χ0) is 18.4. The molecule has 25 heavy (non-hydrogen) atoms. The first-order valence-corrected chi connectivity index (χ1v) is 9.72. The van der Waals surface area contributed by atoms with Gasteiger partial charge in [-0.25, -0.2) is 12.8 Å². The lowest BCUT2D eigenvalue weighted by Crippen LogP contribution is -2.30. The Labute approximate surface area is 147 Å². The lowest BCUT2D eigenvalue weighted by Gasteiger charge is -2.18. The minimum atomic E-state index is -3.11. The second kappa shape index (κ2) is 8.11. The van der Waals surface area contributed by atoms with Crippen molar-refractivity contribution >= 4 is 15.7 Å². The van der Waals surface area contributed by atoms with Crippen molar-refractivity contribution in [2.75, 3.05) is 26.5 Å². The van der Waals surface area contributed by atoms with Gasteiger partial charge in [-0.15, -0.1) is 0 Å². The number of rotatable bonds is 7. The molecule has 0 bridgehead atoms. The number of benzene rings is 2. The van der Waals surface area contributed by atoms with Gasteiger partial charge in [-0.1, -0.05) is 24.3 Å². The van der Waals surface area contributed by atoms with E-state index in [9.17, 15) is 17.6 Å². The second-order valence-corrected chi connectivity index (χ2v) is 7.91. The van der Waals surface area contributed by atoms with Crippen LogP contribution in [0.25, 0.3) is 0 Å². The van der Waals surface area contributed by atoms with E-state index in [1.54, 1.807) is 43.4 Å². The molecule has 0 fully saturated rings. The summed E-state index contributed by atoms with van der Waals surface area (Å²) < 4.78 is 41.3. The van der Waals surface area contributed by atoms with Crippen molar-refractivity contribution in [1.29, 1.82) is 0 Å². The molecule has 0 atom stereocenters. The molecule has 0 heterocycles. The summed E-state index contributed by atoms with van der Waals surface area (Å²) in [7, 11) is -1.49. The fourth-order valence-electron chi connectivity index (χ4n) is 2.22. The summed E-state index contributed by atoms with van der Waals surface area (Å²) in [5.74, 6) is -0.581. The first-order valence-electron chi connectivity index (χ1n) is 7.66. The Balaban J connectivity index is 1.90. The van der Waals surface area contributed by atoms with Gasteiger partial charge in [0.1, 0.15) is 6.61 Å². The standard InChI is InChI=1S/C18H20FNO4S/c1-20(11-12-24-17-6-4-3-5-16(17)19)18(21)15-9-7-14(8-10-15)13-25(2,22)23/h3-10H,11-13H2,1-2H3. The topological polar surface area (TPSA) is 63.7 Å². The van der Waals surface area contributed by atoms with Gasteiger partial charge in [-0.2, -0.15) is 0 Å². The summed E-state index contributed by atoms with van der Waals surface area (Å²) >= 11 is 0. The number of ether oxygens (including phenoxy) is 1. The van der Waals surface area contributed by atoms with Crippen LogP contribution >= 0.6 is 0 Å². The number of halogens is 1. The molecule has 0 spiro atoms. The maximum Gasteiger partial charge on any atom is 0.253 e. The van der Waals surface area contributed by atoms with E-state index in [0.29, 0.717) is 11.1 Å². The van der Waals surface area contributed by atoms with Gasteiger partial charge in [-0.3, -0.25) is 4.79 Å². The van der Waals surface area contributed by atoms with Crippen LogP contribution in [-0.4, -0.2) is 45.7 Å². The number of carbonyl (C=O) groups excluding carboxylic acids is 1. The SMILES string of the molecule is CN(CCOc1ccccc1F)C(=O)c1ccc(CS(C)(=O)=O)cc1. The highest BCUT2D eigenvalue weighted by atomic mass is 32.2. The van der Waals surface area contributed by atoms with Crippen LogP contribution in [0.5, 0.6) is 5.75 Å². The fraction of sp³-hybridized carbons (Fsp3) is 0.278. The van der Waals surface area contributed by atoms with E-state index in [2.05, 4.69) is 0 Å². The van der Waals surface area contributed by atoms with E-state index in [4.69, 9.17) is 4.74 Å². The molecule has 0 aliphatic rings. The summed E-state index contributed by atoms with van der Waals surface area (Å²) in [5, 5.41) is 0. The first kappa shape index (κ1) is 18.9. The van der Waals surface area contributed by atoms with Gasteiger partial charge >= 0.3 is 0 Å². The largest absolute Gasteiger partial charge is 0.489 e. The molecule has 0 N–H and O–H groups in total. The minimum Gasteiger partial charge on any atom is -0.489 e. The van der Waals surface area contributed by atoms with Crippen molar-refractivity contribution < 1.29 is 22.3 Å². The number of nitrogens with zero attached hydrogens (tertiary/aromatic N) is 1. The molecule has 0 saturated carbocycles. The molecular weight excluding hydrogens is 345 g/mol. The van der Waals surface area contributed by atoms with Gasteiger partial charge < -0.3 is 9.64 Å². The smallest absolute Gasteiger partial charge is 0.253 e. The van der Waals surface area contributed by atoms with Crippen LogP contribution in [0.15, 0.2) is 48.5 Å². The number of hydrogen-bond acceptors (Lipinski definition) is 4. The first-order chi connectivity index (χ1) is 11.8. The molecule has 7 heteroatoms. The van der Waals surface area contributed by atoms with Gasteiger partial charge in [-0.05, 0) is 29.8 Å². The van der Waals surface area contributed by atoms with Gasteiger partial charge in [0, 0.05) is 18.9 Å². The van der Waals surface area contributed by atoms with E-state index < -0.39 is 15.7 Å². The summed E-state index contributed by atoms with van der Waals surface area (Å²) in [6.07, 6.45) is 1.16. The van der Waals surface area contributed by atoms with Crippen LogP contribution in [0, 0.1) is 5.82 Å². The van der Waals surface area contributed by atoms with Crippen molar-refractivity contribution in [3.8, 4) is 5.75 Å². The van der Waals surface area contributed by atoms with Crippen LogP contribution in [0.1, 0.15) is 15.9 Å². The van der Waals surface area contributed by atoms with E-state index in [1.165, 1.54) is 17.0 Å². The Morgan fingerprint density at radius 3 is 2.36 bits per heavy atom. The van der Waals surface area contributed by atoms with E-state index >= 15 is 0 Å². The third kappa shape index (κ3) is 5.86. The summed E-state index contributed by atoms with van der Waals surface area (Å²) in [6.45, 7) is 0.452. The Bertz CT molecular complexity index is 834. The number of sulfone groups is 1. The number of hydrogen-bond donors (Lipinski definition) is 0. The van der Waals surface area contributed by atoms with Crippen molar-refractivity contribution in [3.63, 3.8) is 0 Å². The van der Waals surface area contributed by atoms with E-state index in [-0.39, 0.29) is 30.6 Å². The summed E-state index contributed by atoms with van der Waals surface area (Å²) in [4.78, 5) is 13.8. The predicted molar refractivity (Wildman–Crippen MR) is 93.8 cm³/mol. The minimum absolute atomic E-state index is 0.0617. The maximum atomic E-state index is 13.4. The Kier molecular flexibility index (Phi) is 6.14. The van der Waals surface area contributed by atoms with Gasteiger partial charge in [0.05, 0.1) is 12.3 Å². The Morgan fingerprint density at radius 2 is 1.76 bits per heavy atom. The molecule has 0 aliphatic carbocycles. The normalized spacial score (nSPS) is 11.2. The highest BCUT2D eigenvalue weighted by Gasteiger charge is 2.13. The fourth-order valence-corrected chi connectivity index (χ4v) is 3.02. The predicted octanol–water partition coefficient (Wildman–Crippen LogP) is 2.52. The van der Waals surface area contributed by atoms with Crippen molar-refractivity contribution in [2.24, 2.45) is 0 Å². The number of para-hydroxylation sites is 1. The van der Waals surface area contributed by atoms with Crippen LogP contribution in [-0.2, 0) is 15.6 Å². The molecule has 2 aromatic rings. The zero-order valence-corrected chi connectivity index (χ0v) is 14.9. The average molecular weight is 365 g/mol. The number of likely N-dealkylation sites (N-methyl/N-ethyl adjacent to an activating group) is 1. The monoisotopic (exact) mass is 365 g/mol. The van der Waals surface area contributed by atoms with E-state index in [0.717, 1.165) is 6.26 Å². The third-order valence-electron chi connectivity index (χ3n) is 3.50. The number of amides is 1. The van der Waals surface area contributed by atoms with Gasteiger partial charge in [0.2, 0.25) is 0 Å². The Morgan fingerprint density at radius 1 is 1.12 bits per heavy atom. The molecule has 0 radical (unpaired) electrons. The zero-order valence-electron chi connectivity index (χ0n) is 14.1. The van der Waals surface area contributed by atoms with Crippen LogP contribution in [0.3, 0.4) is 0 Å². The molecule has 0 saturated heterocycles. The van der Waals surface area contributed by atoms with Crippen molar-refractivity contribution in [1.82, 2.24) is 4.90 Å². The quantitative estimate of drug-likeness (QED) is 0.756. The highest BCUT2D eigenvalue weighted by Crippen LogP contribution is 2.15. The van der Waals surface area contributed by atoms with Crippen molar-refractivity contribution in [2.45, 2.75) is 5.75 Å². The molecule has 2 rings (SSSR count). The lowest BCUT2D eigenvalue weighted by molar-refractivity contribution is 0.0773. The summed E-state index contributed by atoms with van der Waals surface area (Å²) in [5.41, 5.74) is 1.08. The summed E-state index contributed by atoms with van der Waals surface area (Å²) in [6, 6.07) is 12.5. The molecule has 134 valence electrons. The molecule has 5 nitrogen and oxygen atoms in total. The van der Waals surface area contributed by atoms with Gasteiger partial charge in [0.25, 0.3) is 5.91 Å². The molecule has 2 aromatic carbocycles. The highest BCUT2D eigenvalue weighted by molar-refractivity contribution is 7.89. The number of carbonyl (C=O) groups is 1. The maximum absolute atomic E-state index is 13.4. The van der Waals surface area contributed by atoms with Crippen LogP contribution < -0.4 is 4.74 Å². The Hall–Kier alpha value is -2.41. The van der Waals surface area contributed by atoms with E-state index in [1.807, 2.05) is 0 Å².